The van der Waals surface area contributed by atoms with Crippen molar-refractivity contribution in [2.75, 3.05) is 11.9 Å². The molecule has 1 aromatic carbocycles. The number of hydrogen-bond donors (Lipinski definition) is 3. The lowest BCUT2D eigenvalue weighted by molar-refractivity contribution is 0.0698. The molecule has 0 spiro atoms. The van der Waals surface area contributed by atoms with Gasteiger partial charge in [-0.2, -0.15) is 5.10 Å². The zero-order valence-electron chi connectivity index (χ0n) is 11.6. The molecular formula is C14H15N3O5. The lowest BCUT2D eigenvalue weighted by Gasteiger charge is -2.10. The molecule has 22 heavy (non-hydrogen) atoms. The molecule has 0 saturated carbocycles. The average Bonchev–Trinajstić information content (AvgIpc) is 2.90. The number of anilines is 1. The summed E-state index contributed by atoms with van der Waals surface area (Å²) in [6, 6.07) is 9.07. The van der Waals surface area contributed by atoms with Crippen LogP contribution in [-0.2, 0) is 17.9 Å². The zero-order valence-corrected chi connectivity index (χ0v) is 11.6. The molecule has 0 aliphatic heterocycles. The highest BCUT2D eigenvalue weighted by Crippen LogP contribution is 2.16. The van der Waals surface area contributed by atoms with Crippen molar-refractivity contribution >= 4 is 17.9 Å². The highest BCUT2D eigenvalue weighted by atomic mass is 16.5. The van der Waals surface area contributed by atoms with Gasteiger partial charge in [-0.3, -0.25) is 5.32 Å². The van der Waals surface area contributed by atoms with Gasteiger partial charge in [0.25, 0.3) is 0 Å². The van der Waals surface area contributed by atoms with Crippen molar-refractivity contribution < 1.29 is 24.5 Å². The molecule has 2 rings (SSSR count). The number of aliphatic hydroxyl groups excluding tert-OH is 1. The Morgan fingerprint density at radius 3 is 2.64 bits per heavy atom. The lowest BCUT2D eigenvalue weighted by atomic mass is 10.2. The Balaban J connectivity index is 2.04. The van der Waals surface area contributed by atoms with E-state index in [1.807, 2.05) is 18.2 Å². The number of carboxylic acid groups (broad SMARTS) is 1. The van der Waals surface area contributed by atoms with E-state index in [4.69, 9.17) is 14.9 Å². The summed E-state index contributed by atoms with van der Waals surface area (Å²) >= 11 is 0. The number of aromatic carboxylic acids is 1. The van der Waals surface area contributed by atoms with E-state index in [1.54, 1.807) is 12.1 Å². The minimum absolute atomic E-state index is 0.0281. The van der Waals surface area contributed by atoms with Gasteiger partial charge in [0.1, 0.15) is 18.0 Å². The van der Waals surface area contributed by atoms with Gasteiger partial charge < -0.3 is 14.9 Å². The SMILES string of the molecule is O=C(Nc1c(C(=O)O)cnn1CCO)OCc1ccccc1. The molecule has 0 bridgehead atoms. The summed E-state index contributed by atoms with van der Waals surface area (Å²) in [5.74, 6) is -1.26. The highest BCUT2D eigenvalue weighted by molar-refractivity contribution is 5.97. The molecule has 0 atom stereocenters. The minimum atomic E-state index is -1.23. The van der Waals surface area contributed by atoms with Crippen LogP contribution in [0.15, 0.2) is 36.5 Å². The third kappa shape index (κ3) is 3.83. The normalized spacial score (nSPS) is 10.2. The molecule has 0 aliphatic carbocycles. The summed E-state index contributed by atoms with van der Waals surface area (Å²) in [6.07, 6.45) is 0.302. The number of benzene rings is 1. The van der Waals surface area contributed by atoms with Crippen molar-refractivity contribution in [1.29, 1.82) is 0 Å². The Morgan fingerprint density at radius 1 is 1.27 bits per heavy atom. The molecule has 8 nitrogen and oxygen atoms in total. The Labute approximate surface area is 125 Å². The van der Waals surface area contributed by atoms with Gasteiger partial charge in [0.2, 0.25) is 0 Å². The van der Waals surface area contributed by atoms with Gasteiger partial charge in [-0.1, -0.05) is 30.3 Å². The maximum Gasteiger partial charge on any atom is 0.413 e. The Bertz CT molecular complexity index is 654. The van der Waals surface area contributed by atoms with Crippen molar-refractivity contribution in [1.82, 2.24) is 9.78 Å². The van der Waals surface area contributed by atoms with Gasteiger partial charge in [0, 0.05) is 0 Å². The van der Waals surface area contributed by atoms with Crippen molar-refractivity contribution in [3.8, 4) is 0 Å². The predicted octanol–water partition coefficient (Wildman–Crippen LogP) is 1.32. The number of nitrogens with zero attached hydrogens (tertiary/aromatic N) is 2. The van der Waals surface area contributed by atoms with E-state index in [0.29, 0.717) is 0 Å². The zero-order chi connectivity index (χ0) is 15.9. The molecule has 2 aromatic rings. The second-order valence-electron chi connectivity index (χ2n) is 4.35. The van der Waals surface area contributed by atoms with Gasteiger partial charge in [-0.25, -0.2) is 14.3 Å². The summed E-state index contributed by atoms with van der Waals surface area (Å²) in [6.45, 7) is -0.126. The molecule has 0 unspecified atom stereocenters. The van der Waals surface area contributed by atoms with E-state index in [-0.39, 0.29) is 31.1 Å². The Morgan fingerprint density at radius 2 is 2.00 bits per heavy atom. The quantitative estimate of drug-likeness (QED) is 0.741. The second kappa shape index (κ2) is 7.23. The number of hydrogen-bond acceptors (Lipinski definition) is 5. The van der Waals surface area contributed by atoms with E-state index < -0.39 is 12.1 Å². The topological polar surface area (TPSA) is 114 Å². The van der Waals surface area contributed by atoms with E-state index in [1.165, 1.54) is 4.68 Å². The number of rotatable bonds is 6. The van der Waals surface area contributed by atoms with Crippen molar-refractivity contribution in [2.24, 2.45) is 0 Å². The Hall–Kier alpha value is -2.87. The van der Waals surface area contributed by atoms with Crippen LogP contribution in [0, 0.1) is 0 Å². The molecule has 1 aromatic heterocycles. The number of carbonyl (C=O) groups is 2. The summed E-state index contributed by atoms with van der Waals surface area (Å²) in [4.78, 5) is 22.9. The van der Waals surface area contributed by atoms with Crippen LogP contribution in [0.25, 0.3) is 0 Å². The second-order valence-corrected chi connectivity index (χ2v) is 4.35. The number of aromatic nitrogens is 2. The van der Waals surface area contributed by atoms with Gasteiger partial charge >= 0.3 is 12.1 Å². The van der Waals surface area contributed by atoms with Gasteiger partial charge in [-0.05, 0) is 5.56 Å². The van der Waals surface area contributed by atoms with Crippen LogP contribution in [0.2, 0.25) is 0 Å². The molecule has 116 valence electrons. The molecule has 0 fully saturated rings. The first-order valence-corrected chi connectivity index (χ1v) is 6.49. The van der Waals surface area contributed by atoms with E-state index in [0.717, 1.165) is 11.8 Å². The molecule has 1 heterocycles. The maximum atomic E-state index is 11.8. The van der Waals surface area contributed by atoms with Crippen molar-refractivity contribution in [2.45, 2.75) is 13.2 Å². The van der Waals surface area contributed by atoms with Crippen LogP contribution in [0.4, 0.5) is 10.6 Å². The van der Waals surface area contributed by atoms with Crippen LogP contribution in [0.3, 0.4) is 0 Å². The first-order chi connectivity index (χ1) is 10.6. The molecule has 0 radical (unpaired) electrons. The fourth-order valence-corrected chi connectivity index (χ4v) is 1.79. The first-order valence-electron chi connectivity index (χ1n) is 6.49. The standard InChI is InChI=1S/C14H15N3O5/c18-7-6-17-12(11(8-15-17)13(19)20)16-14(21)22-9-10-4-2-1-3-5-10/h1-5,8,18H,6-7,9H2,(H,16,21)(H,19,20). The highest BCUT2D eigenvalue weighted by Gasteiger charge is 2.19. The van der Waals surface area contributed by atoms with Crippen LogP contribution in [0.1, 0.15) is 15.9 Å². The number of nitrogens with one attached hydrogen (secondary N) is 1. The van der Waals surface area contributed by atoms with Gasteiger partial charge in [0.15, 0.2) is 0 Å². The molecule has 0 saturated heterocycles. The Kier molecular flexibility index (Phi) is 5.10. The predicted molar refractivity (Wildman–Crippen MR) is 76.5 cm³/mol. The fraction of sp³-hybridized carbons (Fsp3) is 0.214. The molecular weight excluding hydrogens is 290 g/mol. The summed E-state index contributed by atoms with van der Waals surface area (Å²) in [5.41, 5.74) is 0.630. The lowest BCUT2D eigenvalue weighted by Crippen LogP contribution is -2.19. The first kappa shape index (κ1) is 15.5. The number of carbonyl (C=O) groups excluding carboxylic acids is 1. The summed E-state index contributed by atoms with van der Waals surface area (Å²) < 4.78 is 6.21. The van der Waals surface area contributed by atoms with Crippen LogP contribution in [-0.4, -0.2) is 38.7 Å². The maximum absolute atomic E-state index is 11.8. The molecule has 8 heteroatoms. The largest absolute Gasteiger partial charge is 0.477 e. The number of carboxylic acids is 1. The third-order valence-corrected chi connectivity index (χ3v) is 2.81. The van der Waals surface area contributed by atoms with E-state index in [2.05, 4.69) is 10.4 Å². The minimum Gasteiger partial charge on any atom is -0.477 e. The van der Waals surface area contributed by atoms with Gasteiger partial charge in [-0.15, -0.1) is 0 Å². The molecule has 0 aliphatic rings. The van der Waals surface area contributed by atoms with Crippen molar-refractivity contribution in [3.63, 3.8) is 0 Å². The number of aliphatic hydroxyl groups is 1. The summed E-state index contributed by atoms with van der Waals surface area (Å²) in [5, 5.41) is 24.1. The van der Waals surface area contributed by atoms with E-state index >= 15 is 0 Å². The monoisotopic (exact) mass is 305 g/mol. The number of ether oxygens (including phenoxy) is 1. The van der Waals surface area contributed by atoms with Crippen LogP contribution in [0.5, 0.6) is 0 Å². The van der Waals surface area contributed by atoms with Crippen molar-refractivity contribution in [3.05, 3.63) is 47.7 Å². The summed E-state index contributed by atoms with van der Waals surface area (Å²) in [7, 11) is 0. The van der Waals surface area contributed by atoms with Crippen LogP contribution < -0.4 is 5.32 Å². The van der Waals surface area contributed by atoms with E-state index in [9.17, 15) is 9.59 Å². The molecule has 1 amide bonds. The smallest absolute Gasteiger partial charge is 0.413 e. The fourth-order valence-electron chi connectivity index (χ4n) is 1.79. The average molecular weight is 305 g/mol. The van der Waals surface area contributed by atoms with Gasteiger partial charge in [0.05, 0.1) is 19.3 Å². The number of amides is 1. The molecule has 3 N–H and O–H groups in total. The third-order valence-electron chi connectivity index (χ3n) is 2.81. The van der Waals surface area contributed by atoms with Crippen LogP contribution >= 0.6 is 0 Å².